The van der Waals surface area contributed by atoms with Crippen LogP contribution < -0.4 is 5.73 Å². The second-order valence-electron chi connectivity index (χ2n) is 4.76. The third kappa shape index (κ3) is 3.55. The fourth-order valence-corrected chi connectivity index (χ4v) is 5.06. The number of nitrogens with zero attached hydrogens (tertiary/aromatic N) is 1. The van der Waals surface area contributed by atoms with Crippen LogP contribution in [0, 0.1) is 5.92 Å². The van der Waals surface area contributed by atoms with Gasteiger partial charge in [0.25, 0.3) is 0 Å². The predicted octanol–water partition coefficient (Wildman–Crippen LogP) is 1.50. The number of likely N-dealkylation sites (tertiary alicyclic amines) is 1. The molecule has 2 nitrogen and oxygen atoms in total. The third-order valence-electron chi connectivity index (χ3n) is 3.40. The number of thioether (sulfide) groups is 2. The molecule has 0 bridgehead atoms. The van der Waals surface area contributed by atoms with Gasteiger partial charge in [-0.15, -0.1) is 0 Å². The van der Waals surface area contributed by atoms with Crippen molar-refractivity contribution in [3.63, 3.8) is 0 Å². The van der Waals surface area contributed by atoms with Gasteiger partial charge in [0.05, 0.1) is 0 Å². The fourth-order valence-electron chi connectivity index (χ4n) is 2.35. The molecule has 15 heavy (non-hydrogen) atoms. The molecule has 2 aliphatic rings. The first-order valence-corrected chi connectivity index (χ1v) is 8.13. The smallest absolute Gasteiger partial charge is 0.0265 e. The number of hydrogen-bond acceptors (Lipinski definition) is 4. The molecule has 2 rings (SSSR count). The van der Waals surface area contributed by atoms with Gasteiger partial charge in [-0.2, -0.15) is 23.5 Å². The van der Waals surface area contributed by atoms with Crippen LogP contribution in [0.2, 0.25) is 0 Å². The predicted molar refractivity (Wildman–Crippen MR) is 71.8 cm³/mol. The Morgan fingerprint density at radius 2 is 2.27 bits per heavy atom. The van der Waals surface area contributed by atoms with E-state index in [-0.39, 0.29) is 0 Å². The summed E-state index contributed by atoms with van der Waals surface area (Å²) in [4.78, 5) is 2.62. The average Bonchev–Trinajstić information content (AvgIpc) is 2.25. The van der Waals surface area contributed by atoms with Gasteiger partial charge < -0.3 is 10.6 Å². The molecule has 88 valence electrons. The van der Waals surface area contributed by atoms with Crippen LogP contribution in [0.3, 0.4) is 0 Å². The molecule has 0 radical (unpaired) electrons. The van der Waals surface area contributed by atoms with Crippen LogP contribution in [0.25, 0.3) is 0 Å². The van der Waals surface area contributed by atoms with Crippen molar-refractivity contribution < 1.29 is 0 Å². The minimum Gasteiger partial charge on any atom is -0.327 e. The zero-order chi connectivity index (χ0) is 10.7. The molecule has 0 amide bonds. The van der Waals surface area contributed by atoms with E-state index in [2.05, 4.69) is 35.3 Å². The highest BCUT2D eigenvalue weighted by molar-refractivity contribution is 8.06. The summed E-state index contributed by atoms with van der Waals surface area (Å²) in [6.07, 6.45) is 1.19. The molecule has 2 saturated heterocycles. The van der Waals surface area contributed by atoms with Crippen LogP contribution in [0.4, 0.5) is 0 Å². The second kappa shape index (κ2) is 5.80. The standard InChI is InChI=1S/C11H22N2S2/c1-9-6-13(3-2-11(9)12)7-10-8-14-4-5-15-10/h9-11H,2-8,12H2,1H3. The fraction of sp³-hybridized carbons (Fsp3) is 1.00. The summed E-state index contributed by atoms with van der Waals surface area (Å²) in [6, 6.07) is 0.439. The molecule has 0 aromatic carbocycles. The normalized spacial score (nSPS) is 39.2. The molecule has 2 fully saturated rings. The summed E-state index contributed by atoms with van der Waals surface area (Å²) in [5.74, 6) is 4.72. The van der Waals surface area contributed by atoms with Crippen molar-refractivity contribution in [3.05, 3.63) is 0 Å². The Labute approximate surface area is 102 Å². The van der Waals surface area contributed by atoms with E-state index in [0.29, 0.717) is 12.0 Å². The average molecular weight is 246 g/mol. The van der Waals surface area contributed by atoms with Crippen molar-refractivity contribution in [2.24, 2.45) is 11.7 Å². The van der Waals surface area contributed by atoms with Crippen molar-refractivity contribution in [1.82, 2.24) is 4.90 Å². The lowest BCUT2D eigenvalue weighted by atomic mass is 9.95. The monoisotopic (exact) mass is 246 g/mol. The van der Waals surface area contributed by atoms with Crippen molar-refractivity contribution in [2.75, 3.05) is 36.9 Å². The minimum atomic E-state index is 0.439. The highest BCUT2D eigenvalue weighted by atomic mass is 32.2. The van der Waals surface area contributed by atoms with Gasteiger partial charge in [0.2, 0.25) is 0 Å². The van der Waals surface area contributed by atoms with Gasteiger partial charge in [-0.3, -0.25) is 0 Å². The van der Waals surface area contributed by atoms with E-state index >= 15 is 0 Å². The van der Waals surface area contributed by atoms with Gasteiger partial charge >= 0.3 is 0 Å². The molecule has 0 aromatic rings. The van der Waals surface area contributed by atoms with Gasteiger partial charge in [0, 0.05) is 41.6 Å². The first-order valence-electron chi connectivity index (χ1n) is 5.93. The summed E-state index contributed by atoms with van der Waals surface area (Å²) < 4.78 is 0. The van der Waals surface area contributed by atoms with Crippen LogP contribution in [0.1, 0.15) is 13.3 Å². The summed E-state index contributed by atoms with van der Waals surface area (Å²) in [5, 5.41) is 0.866. The van der Waals surface area contributed by atoms with Gasteiger partial charge in [0.1, 0.15) is 0 Å². The lowest BCUT2D eigenvalue weighted by Gasteiger charge is -2.37. The van der Waals surface area contributed by atoms with Crippen molar-refractivity contribution in [3.8, 4) is 0 Å². The Kier molecular flexibility index (Phi) is 4.68. The SMILES string of the molecule is CC1CN(CC2CSCCS2)CCC1N. The van der Waals surface area contributed by atoms with Crippen LogP contribution in [0.5, 0.6) is 0 Å². The first-order chi connectivity index (χ1) is 7.25. The summed E-state index contributed by atoms with van der Waals surface area (Å²) in [7, 11) is 0. The molecule has 2 heterocycles. The van der Waals surface area contributed by atoms with Crippen LogP contribution >= 0.6 is 23.5 Å². The van der Waals surface area contributed by atoms with Gasteiger partial charge in [-0.05, 0) is 18.9 Å². The topological polar surface area (TPSA) is 29.3 Å². The van der Waals surface area contributed by atoms with E-state index < -0.39 is 0 Å². The Morgan fingerprint density at radius 1 is 1.40 bits per heavy atom. The van der Waals surface area contributed by atoms with Gasteiger partial charge in [0.15, 0.2) is 0 Å². The molecule has 0 saturated carbocycles. The van der Waals surface area contributed by atoms with Crippen LogP contribution in [0.15, 0.2) is 0 Å². The highest BCUT2D eigenvalue weighted by Gasteiger charge is 2.25. The van der Waals surface area contributed by atoms with E-state index in [1.165, 1.54) is 43.3 Å². The molecular formula is C11H22N2S2. The van der Waals surface area contributed by atoms with Crippen molar-refractivity contribution >= 4 is 23.5 Å². The largest absolute Gasteiger partial charge is 0.327 e. The Bertz CT molecular complexity index is 195. The molecule has 0 spiro atoms. The molecule has 2 aliphatic heterocycles. The zero-order valence-corrected chi connectivity index (χ0v) is 11.2. The second-order valence-corrected chi connectivity index (χ2v) is 7.32. The highest BCUT2D eigenvalue weighted by Crippen LogP contribution is 2.26. The molecule has 4 heteroatoms. The molecule has 0 aliphatic carbocycles. The maximum Gasteiger partial charge on any atom is 0.0265 e. The van der Waals surface area contributed by atoms with Crippen molar-refractivity contribution in [2.45, 2.75) is 24.6 Å². The Balaban J connectivity index is 1.74. The number of hydrogen-bond donors (Lipinski definition) is 1. The number of rotatable bonds is 2. The van der Waals surface area contributed by atoms with Gasteiger partial charge in [-0.25, -0.2) is 0 Å². The van der Waals surface area contributed by atoms with E-state index in [4.69, 9.17) is 5.73 Å². The summed E-state index contributed by atoms with van der Waals surface area (Å²) >= 11 is 4.29. The molecule has 3 atom stereocenters. The summed E-state index contributed by atoms with van der Waals surface area (Å²) in [6.45, 7) is 6.00. The van der Waals surface area contributed by atoms with Crippen LogP contribution in [-0.4, -0.2) is 53.1 Å². The molecule has 2 N–H and O–H groups in total. The van der Waals surface area contributed by atoms with Crippen molar-refractivity contribution in [1.29, 1.82) is 0 Å². The number of nitrogens with two attached hydrogens (primary N) is 1. The van der Waals surface area contributed by atoms with Gasteiger partial charge in [-0.1, -0.05) is 6.92 Å². The zero-order valence-electron chi connectivity index (χ0n) is 9.52. The lowest BCUT2D eigenvalue weighted by molar-refractivity contribution is 0.167. The van der Waals surface area contributed by atoms with Crippen LogP contribution in [-0.2, 0) is 0 Å². The number of piperidine rings is 1. The lowest BCUT2D eigenvalue weighted by Crippen LogP contribution is -2.48. The van der Waals surface area contributed by atoms with E-state index in [9.17, 15) is 0 Å². The Morgan fingerprint density at radius 3 is 2.93 bits per heavy atom. The molecule has 0 aromatic heterocycles. The molecule has 3 unspecified atom stereocenters. The maximum absolute atomic E-state index is 6.04. The first kappa shape index (κ1) is 12.1. The maximum atomic E-state index is 6.04. The third-order valence-corrected chi connectivity index (χ3v) is 6.23. The quantitative estimate of drug-likeness (QED) is 0.800. The Hall–Kier alpha value is 0.620. The minimum absolute atomic E-state index is 0.439. The van der Waals surface area contributed by atoms with E-state index in [1.807, 2.05) is 0 Å². The molecular weight excluding hydrogens is 224 g/mol. The summed E-state index contributed by atoms with van der Waals surface area (Å²) in [5.41, 5.74) is 6.04. The van der Waals surface area contributed by atoms with E-state index in [1.54, 1.807) is 0 Å². The van der Waals surface area contributed by atoms with E-state index in [0.717, 1.165) is 5.25 Å².